The largest absolute Gasteiger partial charge is 0.361 e. The molecule has 2 N–H and O–H groups in total. The molecule has 174 valence electrons. The SMILES string of the molecule is CC(C)=CCn1c(N2CCC[C@H](N)C2)c(C#N)c2c1c(=O)n(Cc1cc(C)on1)c(=O)n2C. The number of nitrogens with two attached hydrogens (primary N) is 1. The van der Waals surface area contributed by atoms with E-state index in [-0.39, 0.29) is 12.6 Å². The Bertz CT molecular complexity index is 1390. The molecule has 1 saturated heterocycles. The van der Waals surface area contributed by atoms with Gasteiger partial charge in [0.2, 0.25) is 0 Å². The molecule has 33 heavy (non-hydrogen) atoms. The molecule has 1 aliphatic rings. The van der Waals surface area contributed by atoms with Gasteiger partial charge in [-0.3, -0.25) is 13.9 Å². The van der Waals surface area contributed by atoms with Gasteiger partial charge in [-0.2, -0.15) is 5.26 Å². The number of fused-ring (bicyclic) bond motifs is 1. The summed E-state index contributed by atoms with van der Waals surface area (Å²) in [6, 6.07) is 3.94. The van der Waals surface area contributed by atoms with Gasteiger partial charge in [0.15, 0.2) is 0 Å². The van der Waals surface area contributed by atoms with Gasteiger partial charge in [-0.25, -0.2) is 4.79 Å². The van der Waals surface area contributed by atoms with Crippen molar-refractivity contribution < 1.29 is 4.52 Å². The lowest BCUT2D eigenvalue weighted by atomic mass is 10.1. The maximum Gasteiger partial charge on any atom is 0.331 e. The van der Waals surface area contributed by atoms with Crippen LogP contribution in [0, 0.1) is 18.3 Å². The highest BCUT2D eigenvalue weighted by atomic mass is 16.5. The van der Waals surface area contributed by atoms with Crippen molar-refractivity contribution in [3.63, 3.8) is 0 Å². The highest BCUT2D eigenvalue weighted by molar-refractivity contribution is 5.90. The first-order valence-electron chi connectivity index (χ1n) is 11.0. The molecule has 0 radical (unpaired) electrons. The van der Waals surface area contributed by atoms with Crippen LogP contribution in [0.15, 0.2) is 31.8 Å². The van der Waals surface area contributed by atoms with Crippen LogP contribution in [-0.4, -0.2) is 38.0 Å². The van der Waals surface area contributed by atoms with E-state index in [0.29, 0.717) is 47.0 Å². The Balaban J connectivity index is 2.04. The fraction of sp³-hybridized carbons (Fsp3) is 0.478. The fourth-order valence-electron chi connectivity index (χ4n) is 4.51. The lowest BCUT2D eigenvalue weighted by molar-refractivity contribution is 0.388. The third-order valence-corrected chi connectivity index (χ3v) is 6.06. The monoisotopic (exact) mass is 451 g/mol. The molecule has 0 aromatic carbocycles. The molecule has 0 unspecified atom stereocenters. The Morgan fingerprint density at radius 3 is 2.70 bits per heavy atom. The van der Waals surface area contributed by atoms with Gasteiger partial charge in [0.05, 0.1) is 12.1 Å². The van der Waals surface area contributed by atoms with Crippen molar-refractivity contribution in [2.45, 2.75) is 52.7 Å². The Kier molecular flexibility index (Phi) is 5.99. The average molecular weight is 452 g/mol. The van der Waals surface area contributed by atoms with Crippen LogP contribution in [0.3, 0.4) is 0 Å². The predicted molar refractivity (Wildman–Crippen MR) is 125 cm³/mol. The number of allylic oxidation sites excluding steroid dienone is 2. The number of aryl methyl sites for hydroxylation is 2. The summed E-state index contributed by atoms with van der Waals surface area (Å²) in [5.41, 5.74) is 7.82. The number of nitrogens with zero attached hydrogens (tertiary/aromatic N) is 6. The summed E-state index contributed by atoms with van der Waals surface area (Å²) in [7, 11) is 1.59. The zero-order valence-electron chi connectivity index (χ0n) is 19.5. The lowest BCUT2D eigenvalue weighted by Crippen LogP contribution is -2.44. The Morgan fingerprint density at radius 2 is 2.09 bits per heavy atom. The lowest BCUT2D eigenvalue weighted by Gasteiger charge is -2.33. The molecule has 4 heterocycles. The predicted octanol–water partition coefficient (Wildman–Crippen LogP) is 1.61. The maximum absolute atomic E-state index is 13.7. The molecule has 0 bridgehead atoms. The molecule has 1 fully saturated rings. The molecular weight excluding hydrogens is 422 g/mol. The van der Waals surface area contributed by atoms with Crippen molar-refractivity contribution in [2.75, 3.05) is 18.0 Å². The summed E-state index contributed by atoms with van der Waals surface area (Å²) in [6.07, 6.45) is 3.81. The van der Waals surface area contributed by atoms with Crippen LogP contribution in [0.25, 0.3) is 11.0 Å². The molecule has 3 aromatic rings. The van der Waals surface area contributed by atoms with Crippen LogP contribution in [0.1, 0.15) is 43.7 Å². The maximum atomic E-state index is 13.7. The highest BCUT2D eigenvalue weighted by Crippen LogP contribution is 2.32. The third-order valence-electron chi connectivity index (χ3n) is 6.06. The summed E-state index contributed by atoms with van der Waals surface area (Å²) >= 11 is 0. The normalized spacial score (nSPS) is 16.2. The number of hydrogen-bond donors (Lipinski definition) is 1. The summed E-state index contributed by atoms with van der Waals surface area (Å²) < 4.78 is 9.48. The fourth-order valence-corrected chi connectivity index (χ4v) is 4.51. The minimum Gasteiger partial charge on any atom is -0.361 e. The van der Waals surface area contributed by atoms with Crippen LogP contribution < -0.4 is 21.9 Å². The summed E-state index contributed by atoms with van der Waals surface area (Å²) in [5, 5.41) is 14.1. The van der Waals surface area contributed by atoms with Crippen molar-refractivity contribution in [2.24, 2.45) is 12.8 Å². The molecule has 0 spiro atoms. The molecule has 10 nitrogen and oxygen atoms in total. The van der Waals surface area contributed by atoms with Gasteiger partial charge in [0, 0.05) is 38.8 Å². The topological polar surface area (TPSA) is 128 Å². The van der Waals surface area contributed by atoms with Gasteiger partial charge >= 0.3 is 5.69 Å². The Hall–Kier alpha value is -3.58. The quantitative estimate of drug-likeness (QED) is 0.584. The number of nitriles is 1. The van der Waals surface area contributed by atoms with E-state index in [1.807, 2.05) is 24.5 Å². The third kappa shape index (κ3) is 4.00. The summed E-state index contributed by atoms with van der Waals surface area (Å²) in [4.78, 5) is 29.0. The molecule has 1 atom stereocenters. The first-order valence-corrected chi connectivity index (χ1v) is 11.0. The second kappa shape index (κ2) is 8.75. The van der Waals surface area contributed by atoms with Gasteiger partial charge in [0.1, 0.15) is 34.4 Å². The standard InChI is InChI=1S/C23H29N7O3/c1-14(2)7-9-29-20-19(18(11-24)21(29)28-8-5-6-16(25)12-28)27(4)23(32)30(22(20)31)13-17-10-15(3)33-26-17/h7,10,16H,5-6,8-9,12-13,25H2,1-4H3/t16-/m0/s1. The van der Waals surface area contributed by atoms with Crippen LogP contribution in [-0.2, 0) is 20.1 Å². The molecule has 0 amide bonds. The van der Waals surface area contributed by atoms with E-state index in [4.69, 9.17) is 10.3 Å². The second-order valence-corrected chi connectivity index (χ2v) is 8.91. The number of anilines is 1. The number of aromatic nitrogens is 4. The van der Waals surface area contributed by atoms with Gasteiger partial charge in [-0.1, -0.05) is 16.8 Å². The highest BCUT2D eigenvalue weighted by Gasteiger charge is 2.29. The van der Waals surface area contributed by atoms with Crippen molar-refractivity contribution >= 4 is 16.9 Å². The number of rotatable bonds is 5. The van der Waals surface area contributed by atoms with Gasteiger partial charge in [-0.15, -0.1) is 0 Å². The molecule has 10 heteroatoms. The van der Waals surface area contributed by atoms with Gasteiger partial charge in [0.25, 0.3) is 5.56 Å². The van der Waals surface area contributed by atoms with Crippen molar-refractivity contribution in [1.82, 2.24) is 18.9 Å². The molecule has 1 aliphatic heterocycles. The van der Waals surface area contributed by atoms with Crippen LogP contribution in [0.2, 0.25) is 0 Å². The first-order chi connectivity index (χ1) is 15.7. The summed E-state index contributed by atoms with van der Waals surface area (Å²) in [6.45, 7) is 7.41. The molecule has 3 aromatic heterocycles. The van der Waals surface area contributed by atoms with Crippen LogP contribution >= 0.6 is 0 Å². The molecular formula is C23H29N7O3. The molecule has 0 aliphatic carbocycles. The van der Waals surface area contributed by atoms with Crippen molar-refractivity contribution in [3.8, 4) is 6.07 Å². The average Bonchev–Trinajstić information content (AvgIpc) is 3.34. The zero-order valence-corrected chi connectivity index (χ0v) is 19.5. The van der Waals surface area contributed by atoms with Gasteiger partial charge in [-0.05, 0) is 33.6 Å². The van der Waals surface area contributed by atoms with Crippen LogP contribution in [0.4, 0.5) is 5.82 Å². The van der Waals surface area contributed by atoms with Crippen LogP contribution in [0.5, 0.6) is 0 Å². The van der Waals surface area contributed by atoms with Gasteiger partial charge < -0.3 is 19.7 Å². The molecule has 4 rings (SSSR count). The van der Waals surface area contributed by atoms with E-state index in [0.717, 1.165) is 29.5 Å². The number of piperidine rings is 1. The number of hydrogen-bond acceptors (Lipinski definition) is 7. The Labute approximate surface area is 191 Å². The Morgan fingerprint density at radius 1 is 1.33 bits per heavy atom. The zero-order chi connectivity index (χ0) is 23.9. The van der Waals surface area contributed by atoms with E-state index >= 15 is 0 Å². The van der Waals surface area contributed by atoms with Crippen molar-refractivity contribution in [1.29, 1.82) is 5.26 Å². The van der Waals surface area contributed by atoms with Crippen molar-refractivity contribution in [3.05, 3.63) is 55.6 Å². The minimum atomic E-state index is -0.508. The first kappa shape index (κ1) is 22.6. The van der Waals surface area contributed by atoms with E-state index in [1.54, 1.807) is 20.0 Å². The minimum absolute atomic E-state index is 0.0155. The van der Waals surface area contributed by atoms with E-state index < -0.39 is 11.2 Å². The summed E-state index contributed by atoms with van der Waals surface area (Å²) in [5.74, 6) is 1.24. The van der Waals surface area contributed by atoms with E-state index in [2.05, 4.69) is 16.1 Å². The smallest absolute Gasteiger partial charge is 0.331 e. The molecule has 0 saturated carbocycles. The second-order valence-electron chi connectivity index (χ2n) is 8.91. The van der Waals surface area contributed by atoms with E-state index in [9.17, 15) is 14.9 Å². The van der Waals surface area contributed by atoms with E-state index in [1.165, 1.54) is 4.57 Å².